The van der Waals surface area contributed by atoms with Crippen LogP contribution in [-0.4, -0.2) is 21.3 Å². The van der Waals surface area contributed by atoms with Crippen LogP contribution in [0.1, 0.15) is 15.9 Å². The molecule has 1 aliphatic heterocycles. The van der Waals surface area contributed by atoms with E-state index in [1.165, 1.54) is 17.0 Å². The van der Waals surface area contributed by atoms with Gasteiger partial charge in [0.15, 0.2) is 4.32 Å². The lowest BCUT2D eigenvalue weighted by Gasteiger charge is -2.14. The average Bonchev–Trinajstić information content (AvgIpc) is 2.89. The third kappa shape index (κ3) is 4.04. The van der Waals surface area contributed by atoms with Crippen molar-refractivity contribution in [1.82, 2.24) is 0 Å². The molecule has 130 valence electrons. The molecule has 0 aliphatic carbocycles. The van der Waals surface area contributed by atoms with Crippen LogP contribution in [-0.2, 0) is 4.79 Å². The zero-order valence-corrected chi connectivity index (χ0v) is 15.6. The standard InChI is InChI=1S/C19H12ClNO3S2/c20-14(9-12-5-2-1-3-6-12)11-16-17(22)21(19(25)26-16)15-8-4-7-13(10-15)18(23)24/h1-11H,(H,23,24). The molecule has 2 aromatic carbocycles. The van der Waals surface area contributed by atoms with Crippen molar-refractivity contribution in [3.63, 3.8) is 0 Å². The Balaban J connectivity index is 1.88. The number of allylic oxidation sites excluding steroid dienone is 2. The van der Waals surface area contributed by atoms with Crippen LogP contribution in [0.25, 0.3) is 6.08 Å². The SMILES string of the molecule is O=C(O)c1cccc(N2C(=O)C(=CC(Cl)=Cc3ccccc3)SC2=S)c1. The maximum absolute atomic E-state index is 12.7. The van der Waals surface area contributed by atoms with Crippen molar-refractivity contribution in [2.24, 2.45) is 0 Å². The third-order valence-corrected chi connectivity index (χ3v) is 5.04. The average molecular weight is 402 g/mol. The topological polar surface area (TPSA) is 57.6 Å². The molecule has 1 saturated heterocycles. The molecule has 0 spiro atoms. The maximum Gasteiger partial charge on any atom is 0.335 e. The number of anilines is 1. The summed E-state index contributed by atoms with van der Waals surface area (Å²) in [5.41, 5.74) is 1.42. The fraction of sp³-hybridized carbons (Fsp3) is 0. The van der Waals surface area contributed by atoms with E-state index in [4.69, 9.17) is 28.9 Å². The number of carboxylic acid groups (broad SMARTS) is 1. The number of carbonyl (C=O) groups is 2. The number of aromatic carboxylic acids is 1. The highest BCUT2D eigenvalue weighted by Gasteiger charge is 2.33. The van der Waals surface area contributed by atoms with Gasteiger partial charge in [0.25, 0.3) is 5.91 Å². The van der Waals surface area contributed by atoms with Crippen LogP contribution in [0.3, 0.4) is 0 Å². The van der Waals surface area contributed by atoms with Crippen LogP contribution in [0, 0.1) is 0 Å². The first-order valence-corrected chi connectivity index (χ1v) is 9.09. The molecule has 0 unspecified atom stereocenters. The van der Waals surface area contributed by atoms with Crippen molar-refractivity contribution in [2.75, 3.05) is 4.90 Å². The predicted octanol–water partition coefficient (Wildman–Crippen LogP) is 4.91. The summed E-state index contributed by atoms with van der Waals surface area (Å²) in [6.45, 7) is 0. The number of hydrogen-bond acceptors (Lipinski definition) is 4. The fourth-order valence-corrected chi connectivity index (χ4v) is 3.93. The summed E-state index contributed by atoms with van der Waals surface area (Å²) in [4.78, 5) is 25.5. The van der Waals surface area contributed by atoms with E-state index >= 15 is 0 Å². The van der Waals surface area contributed by atoms with Gasteiger partial charge in [-0.15, -0.1) is 0 Å². The molecular weight excluding hydrogens is 390 g/mol. The molecule has 1 amide bonds. The van der Waals surface area contributed by atoms with Crippen LogP contribution in [0.15, 0.2) is 70.6 Å². The van der Waals surface area contributed by atoms with Crippen molar-refractivity contribution < 1.29 is 14.7 Å². The second-order valence-electron chi connectivity index (χ2n) is 5.31. The van der Waals surface area contributed by atoms with E-state index in [0.29, 0.717) is 19.9 Å². The Bertz CT molecular complexity index is 954. The maximum atomic E-state index is 12.7. The summed E-state index contributed by atoms with van der Waals surface area (Å²) in [6.07, 6.45) is 3.31. The van der Waals surface area contributed by atoms with Crippen molar-refractivity contribution in [1.29, 1.82) is 0 Å². The second kappa shape index (κ2) is 7.86. The number of benzene rings is 2. The van der Waals surface area contributed by atoms with E-state index in [0.717, 1.165) is 17.3 Å². The van der Waals surface area contributed by atoms with Gasteiger partial charge in [-0.1, -0.05) is 72.0 Å². The molecular formula is C19H12ClNO3S2. The molecule has 0 bridgehead atoms. The highest BCUT2D eigenvalue weighted by Crippen LogP contribution is 2.36. The number of amides is 1. The van der Waals surface area contributed by atoms with E-state index < -0.39 is 5.97 Å². The number of carboxylic acids is 1. The molecule has 7 heteroatoms. The normalized spacial score (nSPS) is 16.4. The van der Waals surface area contributed by atoms with Crippen LogP contribution in [0.4, 0.5) is 5.69 Å². The largest absolute Gasteiger partial charge is 0.478 e. The van der Waals surface area contributed by atoms with Gasteiger partial charge >= 0.3 is 5.97 Å². The first kappa shape index (κ1) is 18.4. The molecule has 0 atom stereocenters. The lowest BCUT2D eigenvalue weighted by atomic mass is 10.2. The predicted molar refractivity (Wildman–Crippen MR) is 109 cm³/mol. The fourth-order valence-electron chi connectivity index (χ4n) is 2.34. The highest BCUT2D eigenvalue weighted by molar-refractivity contribution is 8.27. The van der Waals surface area contributed by atoms with E-state index in [-0.39, 0.29) is 11.5 Å². The molecule has 1 heterocycles. The Morgan fingerprint density at radius 1 is 1.15 bits per heavy atom. The number of thioether (sulfide) groups is 1. The Labute approximate surface area is 164 Å². The minimum Gasteiger partial charge on any atom is -0.478 e. The molecule has 0 radical (unpaired) electrons. The quantitative estimate of drug-likeness (QED) is 0.582. The smallest absolute Gasteiger partial charge is 0.335 e. The molecule has 1 N–H and O–H groups in total. The Hall–Kier alpha value is -2.41. The Morgan fingerprint density at radius 3 is 2.58 bits per heavy atom. The van der Waals surface area contributed by atoms with Crippen LogP contribution >= 0.6 is 35.6 Å². The van der Waals surface area contributed by atoms with Gasteiger partial charge in [0.05, 0.1) is 16.2 Å². The first-order chi connectivity index (χ1) is 12.5. The van der Waals surface area contributed by atoms with Crippen molar-refractivity contribution in [3.05, 3.63) is 81.7 Å². The van der Waals surface area contributed by atoms with Crippen molar-refractivity contribution >= 4 is 63.5 Å². The molecule has 26 heavy (non-hydrogen) atoms. The summed E-state index contributed by atoms with van der Waals surface area (Å²) in [7, 11) is 0. The van der Waals surface area contributed by atoms with E-state index in [1.54, 1.807) is 24.3 Å². The van der Waals surface area contributed by atoms with Crippen molar-refractivity contribution in [2.45, 2.75) is 0 Å². The zero-order chi connectivity index (χ0) is 18.7. The van der Waals surface area contributed by atoms with Gasteiger partial charge in [-0.25, -0.2) is 4.79 Å². The molecule has 1 fully saturated rings. The van der Waals surface area contributed by atoms with Gasteiger partial charge in [-0.3, -0.25) is 9.69 Å². The molecule has 0 aromatic heterocycles. The number of nitrogens with zero attached hydrogens (tertiary/aromatic N) is 1. The highest BCUT2D eigenvalue weighted by atomic mass is 35.5. The van der Waals surface area contributed by atoms with Crippen molar-refractivity contribution in [3.8, 4) is 0 Å². The van der Waals surface area contributed by atoms with Gasteiger partial charge in [0.2, 0.25) is 0 Å². The van der Waals surface area contributed by atoms with Crippen LogP contribution in [0.5, 0.6) is 0 Å². The number of thiocarbonyl (C=S) groups is 1. The van der Waals surface area contributed by atoms with Gasteiger partial charge < -0.3 is 5.11 Å². The first-order valence-electron chi connectivity index (χ1n) is 7.49. The number of carbonyl (C=O) groups excluding carboxylic acids is 1. The van der Waals surface area contributed by atoms with Gasteiger partial charge in [0.1, 0.15) is 0 Å². The lowest BCUT2D eigenvalue weighted by molar-refractivity contribution is -0.113. The summed E-state index contributed by atoms with van der Waals surface area (Å²) in [5, 5.41) is 9.52. The monoisotopic (exact) mass is 401 g/mol. The zero-order valence-electron chi connectivity index (χ0n) is 13.3. The lowest BCUT2D eigenvalue weighted by Crippen LogP contribution is -2.27. The minimum absolute atomic E-state index is 0.0857. The summed E-state index contributed by atoms with van der Waals surface area (Å²) < 4.78 is 0.327. The van der Waals surface area contributed by atoms with Gasteiger partial charge in [0, 0.05) is 5.03 Å². The molecule has 2 aromatic rings. The summed E-state index contributed by atoms with van der Waals surface area (Å²) in [5.74, 6) is -1.40. The van der Waals surface area contributed by atoms with Gasteiger partial charge in [-0.2, -0.15) is 0 Å². The molecule has 3 rings (SSSR count). The number of hydrogen-bond donors (Lipinski definition) is 1. The summed E-state index contributed by atoms with van der Waals surface area (Å²) in [6, 6.07) is 15.6. The number of rotatable bonds is 4. The molecule has 1 aliphatic rings. The number of halogens is 1. The minimum atomic E-state index is -1.07. The second-order valence-corrected chi connectivity index (χ2v) is 7.42. The molecule has 0 saturated carbocycles. The van der Waals surface area contributed by atoms with E-state index in [1.807, 2.05) is 30.3 Å². The third-order valence-electron chi connectivity index (χ3n) is 3.52. The van der Waals surface area contributed by atoms with Crippen LogP contribution in [0.2, 0.25) is 0 Å². The summed E-state index contributed by atoms with van der Waals surface area (Å²) >= 11 is 12.7. The Kier molecular flexibility index (Phi) is 5.56. The van der Waals surface area contributed by atoms with Crippen LogP contribution < -0.4 is 4.90 Å². The molecule has 4 nitrogen and oxygen atoms in total. The Morgan fingerprint density at radius 2 is 1.88 bits per heavy atom. The van der Waals surface area contributed by atoms with Gasteiger partial charge in [-0.05, 0) is 35.9 Å². The van der Waals surface area contributed by atoms with E-state index in [2.05, 4.69) is 0 Å². The van der Waals surface area contributed by atoms with E-state index in [9.17, 15) is 9.59 Å².